The molecule has 0 aliphatic rings. The number of amides is 1. The van der Waals surface area contributed by atoms with Crippen LogP contribution < -0.4 is 10.7 Å². The maximum atomic E-state index is 12.2. The molecule has 1 heterocycles. The summed E-state index contributed by atoms with van der Waals surface area (Å²) in [6, 6.07) is 14.7. The minimum atomic E-state index is -0.191. The zero-order valence-corrected chi connectivity index (χ0v) is 13.6. The third-order valence-corrected chi connectivity index (χ3v) is 3.83. The normalized spacial score (nSPS) is 10.6. The fraction of sp³-hybridized carbons (Fsp3) is 0.0625. The van der Waals surface area contributed by atoms with E-state index in [0.29, 0.717) is 10.9 Å². The average Bonchev–Trinajstić information content (AvgIpc) is 2.50. The molecule has 0 saturated carbocycles. The van der Waals surface area contributed by atoms with E-state index < -0.39 is 0 Å². The van der Waals surface area contributed by atoms with Gasteiger partial charge in [-0.3, -0.25) is 14.3 Å². The third-order valence-electron chi connectivity index (χ3n) is 3.16. The minimum absolute atomic E-state index is 0.0479. The van der Waals surface area contributed by atoms with Crippen LogP contribution in [0.5, 0.6) is 0 Å². The van der Waals surface area contributed by atoms with Crippen LogP contribution in [0.4, 0.5) is 5.69 Å². The van der Waals surface area contributed by atoms with Gasteiger partial charge in [-0.1, -0.05) is 18.2 Å². The Morgan fingerprint density at radius 3 is 2.82 bits per heavy atom. The lowest BCUT2D eigenvalue weighted by atomic mass is 10.2. The first kappa shape index (κ1) is 14.7. The van der Waals surface area contributed by atoms with E-state index in [1.54, 1.807) is 18.2 Å². The van der Waals surface area contributed by atoms with E-state index in [9.17, 15) is 9.59 Å². The summed E-state index contributed by atoms with van der Waals surface area (Å²) in [6.45, 7) is 0.0479. The van der Waals surface area contributed by atoms with Crippen molar-refractivity contribution in [3.63, 3.8) is 0 Å². The molecule has 3 aromatic rings. The Hall–Kier alpha value is -2.22. The number of aromatic nitrogens is 2. The minimum Gasteiger partial charge on any atom is -0.324 e. The van der Waals surface area contributed by atoms with Gasteiger partial charge in [0.25, 0.3) is 0 Å². The maximum Gasteiger partial charge on any atom is 0.246 e. The number of benzene rings is 2. The number of anilines is 1. The van der Waals surface area contributed by atoms with Gasteiger partial charge in [-0.2, -0.15) is 5.10 Å². The number of rotatable bonds is 3. The molecular formula is C16H12IN3O2. The van der Waals surface area contributed by atoms with E-state index in [2.05, 4.69) is 33.0 Å². The van der Waals surface area contributed by atoms with Crippen LogP contribution in [0, 0.1) is 3.57 Å². The maximum absolute atomic E-state index is 12.2. The standard InChI is InChI=1S/C16H12IN3O2/c17-11-4-3-5-12(8-11)19-16(22)10-20-14-7-2-1-6-13(14)15(21)9-18-20/h1-9H,10H2,(H,19,22). The highest BCUT2D eigenvalue weighted by Gasteiger charge is 2.08. The number of nitrogens with zero attached hydrogens (tertiary/aromatic N) is 2. The smallest absolute Gasteiger partial charge is 0.246 e. The molecule has 110 valence electrons. The molecular weight excluding hydrogens is 393 g/mol. The summed E-state index contributed by atoms with van der Waals surface area (Å²) in [5.41, 5.74) is 1.24. The molecule has 1 amide bonds. The van der Waals surface area contributed by atoms with Gasteiger partial charge in [0.2, 0.25) is 11.3 Å². The summed E-state index contributed by atoms with van der Waals surface area (Å²) in [5, 5.41) is 7.43. The van der Waals surface area contributed by atoms with Crippen molar-refractivity contribution >= 4 is 45.1 Å². The highest BCUT2D eigenvalue weighted by atomic mass is 127. The van der Waals surface area contributed by atoms with Gasteiger partial charge in [0.15, 0.2) is 0 Å². The van der Waals surface area contributed by atoms with Gasteiger partial charge in [0.05, 0.1) is 11.7 Å². The van der Waals surface area contributed by atoms with Gasteiger partial charge >= 0.3 is 0 Å². The van der Waals surface area contributed by atoms with Crippen molar-refractivity contribution in [3.05, 3.63) is 68.5 Å². The molecule has 5 nitrogen and oxygen atoms in total. The van der Waals surface area contributed by atoms with Crippen molar-refractivity contribution < 1.29 is 4.79 Å². The first-order valence-electron chi connectivity index (χ1n) is 6.64. The lowest BCUT2D eigenvalue weighted by molar-refractivity contribution is -0.116. The van der Waals surface area contributed by atoms with Crippen LogP contribution in [-0.4, -0.2) is 15.7 Å². The van der Waals surface area contributed by atoms with Crippen molar-refractivity contribution in [1.29, 1.82) is 0 Å². The Morgan fingerprint density at radius 2 is 2.00 bits per heavy atom. The van der Waals surface area contributed by atoms with E-state index in [0.717, 1.165) is 9.26 Å². The number of carbonyl (C=O) groups is 1. The van der Waals surface area contributed by atoms with Crippen LogP contribution in [0.15, 0.2) is 59.5 Å². The molecule has 3 rings (SSSR count). The van der Waals surface area contributed by atoms with Crippen LogP contribution in [0.2, 0.25) is 0 Å². The average molecular weight is 405 g/mol. The van der Waals surface area contributed by atoms with Crippen LogP contribution in [0.1, 0.15) is 0 Å². The molecule has 6 heteroatoms. The monoisotopic (exact) mass is 405 g/mol. The van der Waals surface area contributed by atoms with Crippen LogP contribution in [0.25, 0.3) is 10.9 Å². The lowest BCUT2D eigenvalue weighted by Gasteiger charge is -2.10. The van der Waals surface area contributed by atoms with Crippen molar-refractivity contribution in [2.24, 2.45) is 0 Å². The Morgan fingerprint density at radius 1 is 1.18 bits per heavy atom. The number of fused-ring (bicyclic) bond motifs is 1. The number of hydrogen-bond donors (Lipinski definition) is 1. The van der Waals surface area contributed by atoms with Crippen LogP contribution in [0.3, 0.4) is 0 Å². The second-order valence-electron chi connectivity index (χ2n) is 4.74. The van der Waals surface area contributed by atoms with Crippen molar-refractivity contribution in [3.8, 4) is 0 Å². The first-order chi connectivity index (χ1) is 10.6. The van der Waals surface area contributed by atoms with E-state index in [-0.39, 0.29) is 17.9 Å². The van der Waals surface area contributed by atoms with Crippen molar-refractivity contribution in [2.45, 2.75) is 6.54 Å². The summed E-state index contributed by atoms with van der Waals surface area (Å²) in [5.74, 6) is -0.191. The summed E-state index contributed by atoms with van der Waals surface area (Å²) in [7, 11) is 0. The molecule has 22 heavy (non-hydrogen) atoms. The molecule has 0 saturated heterocycles. The fourth-order valence-electron chi connectivity index (χ4n) is 2.19. The molecule has 0 aliphatic carbocycles. The molecule has 0 atom stereocenters. The number of nitrogens with one attached hydrogen (secondary N) is 1. The Balaban J connectivity index is 1.86. The fourth-order valence-corrected chi connectivity index (χ4v) is 2.73. The highest BCUT2D eigenvalue weighted by molar-refractivity contribution is 14.1. The van der Waals surface area contributed by atoms with Gasteiger partial charge < -0.3 is 5.32 Å². The second kappa shape index (κ2) is 6.27. The molecule has 1 aromatic heterocycles. The van der Waals surface area contributed by atoms with Gasteiger partial charge in [-0.15, -0.1) is 0 Å². The highest BCUT2D eigenvalue weighted by Crippen LogP contribution is 2.13. The molecule has 1 N–H and O–H groups in total. The zero-order chi connectivity index (χ0) is 15.5. The zero-order valence-electron chi connectivity index (χ0n) is 11.5. The molecule has 0 aliphatic heterocycles. The first-order valence-corrected chi connectivity index (χ1v) is 7.71. The Bertz CT molecular complexity index is 905. The predicted molar refractivity (Wildman–Crippen MR) is 93.8 cm³/mol. The lowest BCUT2D eigenvalue weighted by Crippen LogP contribution is -2.22. The van der Waals surface area contributed by atoms with Crippen LogP contribution in [-0.2, 0) is 11.3 Å². The van der Waals surface area contributed by atoms with E-state index in [1.165, 1.54) is 10.9 Å². The summed E-state index contributed by atoms with van der Waals surface area (Å²) in [6.07, 6.45) is 1.24. The predicted octanol–water partition coefficient (Wildman–Crippen LogP) is 2.64. The largest absolute Gasteiger partial charge is 0.324 e. The number of para-hydroxylation sites is 1. The molecule has 0 bridgehead atoms. The number of carbonyl (C=O) groups excluding carboxylic acids is 1. The summed E-state index contributed by atoms with van der Waals surface area (Å²) in [4.78, 5) is 23.9. The summed E-state index contributed by atoms with van der Waals surface area (Å²) >= 11 is 2.19. The van der Waals surface area contributed by atoms with Gasteiger partial charge in [-0.05, 0) is 52.9 Å². The SMILES string of the molecule is O=C(Cn1ncc(=O)c2ccccc21)Nc1cccc(I)c1. The number of halogens is 1. The van der Waals surface area contributed by atoms with Gasteiger partial charge in [0.1, 0.15) is 6.54 Å². The Kier molecular flexibility index (Phi) is 4.19. The molecule has 2 aromatic carbocycles. The third kappa shape index (κ3) is 3.16. The quantitative estimate of drug-likeness (QED) is 0.682. The molecule has 0 radical (unpaired) electrons. The van der Waals surface area contributed by atoms with Gasteiger partial charge in [-0.25, -0.2) is 0 Å². The van der Waals surface area contributed by atoms with E-state index >= 15 is 0 Å². The van der Waals surface area contributed by atoms with Crippen LogP contribution >= 0.6 is 22.6 Å². The Labute approximate surface area is 140 Å². The molecule has 0 unspecified atom stereocenters. The molecule has 0 fully saturated rings. The van der Waals surface area contributed by atoms with E-state index in [4.69, 9.17) is 0 Å². The van der Waals surface area contributed by atoms with Crippen molar-refractivity contribution in [1.82, 2.24) is 9.78 Å². The molecule has 0 spiro atoms. The van der Waals surface area contributed by atoms with E-state index in [1.807, 2.05) is 30.3 Å². The number of hydrogen-bond acceptors (Lipinski definition) is 3. The van der Waals surface area contributed by atoms with Gasteiger partial charge in [0, 0.05) is 14.6 Å². The summed E-state index contributed by atoms with van der Waals surface area (Å²) < 4.78 is 2.57. The topological polar surface area (TPSA) is 64.0 Å². The van der Waals surface area contributed by atoms with Crippen molar-refractivity contribution in [2.75, 3.05) is 5.32 Å². The second-order valence-corrected chi connectivity index (χ2v) is 5.99.